The number of anilines is 2. The Morgan fingerprint density at radius 1 is 1.26 bits per heavy atom. The summed E-state index contributed by atoms with van der Waals surface area (Å²) in [6.07, 6.45) is 3.12. The van der Waals surface area contributed by atoms with Gasteiger partial charge in [-0.1, -0.05) is 24.3 Å². The van der Waals surface area contributed by atoms with Crippen molar-refractivity contribution in [3.63, 3.8) is 0 Å². The SMILES string of the molecule is C=CCC1=CC(=O)c2c(cc(C(=O)OCC)nc2Nc2ccccc2)C1=O. The van der Waals surface area contributed by atoms with Gasteiger partial charge in [0.1, 0.15) is 5.82 Å². The van der Waals surface area contributed by atoms with Crippen molar-refractivity contribution in [2.24, 2.45) is 0 Å². The molecule has 0 unspecified atom stereocenters. The van der Waals surface area contributed by atoms with Crippen LogP contribution < -0.4 is 5.32 Å². The Morgan fingerprint density at radius 2 is 2.00 bits per heavy atom. The summed E-state index contributed by atoms with van der Waals surface area (Å²) in [7, 11) is 0. The number of hydrogen-bond acceptors (Lipinski definition) is 6. The van der Waals surface area contributed by atoms with Gasteiger partial charge in [0.05, 0.1) is 12.2 Å². The number of nitrogens with one attached hydrogen (secondary N) is 1. The van der Waals surface area contributed by atoms with Gasteiger partial charge in [0.25, 0.3) is 0 Å². The highest BCUT2D eigenvalue weighted by atomic mass is 16.5. The molecule has 0 spiro atoms. The van der Waals surface area contributed by atoms with Gasteiger partial charge in [-0.15, -0.1) is 6.58 Å². The van der Waals surface area contributed by atoms with E-state index in [9.17, 15) is 14.4 Å². The van der Waals surface area contributed by atoms with Gasteiger partial charge in [-0.3, -0.25) is 9.59 Å². The first-order chi connectivity index (χ1) is 13.0. The maximum atomic E-state index is 12.8. The molecule has 6 nitrogen and oxygen atoms in total. The molecule has 1 aromatic carbocycles. The van der Waals surface area contributed by atoms with Crippen LogP contribution in [0.3, 0.4) is 0 Å². The van der Waals surface area contributed by atoms with E-state index in [0.29, 0.717) is 11.3 Å². The molecule has 1 heterocycles. The van der Waals surface area contributed by atoms with Gasteiger partial charge >= 0.3 is 5.97 Å². The van der Waals surface area contributed by atoms with Gasteiger partial charge in [-0.25, -0.2) is 9.78 Å². The Hall–Kier alpha value is -3.54. The van der Waals surface area contributed by atoms with Crippen molar-refractivity contribution in [2.75, 3.05) is 11.9 Å². The molecule has 0 saturated carbocycles. The Bertz CT molecular complexity index is 962. The van der Waals surface area contributed by atoms with Crippen molar-refractivity contribution < 1.29 is 19.1 Å². The molecular formula is C21H18N2O4. The summed E-state index contributed by atoms with van der Waals surface area (Å²) in [5.41, 5.74) is 1.25. The molecule has 0 saturated heterocycles. The van der Waals surface area contributed by atoms with Crippen LogP contribution in [0.5, 0.6) is 0 Å². The van der Waals surface area contributed by atoms with Crippen LogP contribution in [-0.2, 0) is 4.74 Å². The molecule has 6 heteroatoms. The van der Waals surface area contributed by atoms with Crippen LogP contribution >= 0.6 is 0 Å². The van der Waals surface area contributed by atoms with E-state index in [1.807, 2.05) is 18.2 Å². The summed E-state index contributed by atoms with van der Waals surface area (Å²) >= 11 is 0. The number of nitrogens with zero attached hydrogens (tertiary/aromatic N) is 1. The second kappa shape index (κ2) is 7.78. The van der Waals surface area contributed by atoms with Crippen molar-refractivity contribution >= 4 is 29.0 Å². The van der Waals surface area contributed by atoms with Crippen molar-refractivity contribution in [1.82, 2.24) is 4.98 Å². The molecule has 0 radical (unpaired) electrons. The second-order valence-corrected chi connectivity index (χ2v) is 5.85. The molecule has 0 atom stereocenters. The lowest BCUT2D eigenvalue weighted by Crippen LogP contribution is -2.21. The van der Waals surface area contributed by atoms with Crippen LogP contribution in [-0.4, -0.2) is 29.1 Å². The normalized spacial score (nSPS) is 12.9. The number of carbonyl (C=O) groups is 3. The minimum Gasteiger partial charge on any atom is -0.461 e. The predicted octanol–water partition coefficient (Wildman–Crippen LogP) is 3.88. The monoisotopic (exact) mass is 362 g/mol. The molecular weight excluding hydrogens is 344 g/mol. The third kappa shape index (κ3) is 3.69. The highest BCUT2D eigenvalue weighted by Crippen LogP contribution is 2.30. The Balaban J connectivity index is 2.15. The average Bonchev–Trinajstić information content (AvgIpc) is 2.66. The fraction of sp³-hybridized carbons (Fsp3) is 0.143. The minimum atomic E-state index is -0.656. The lowest BCUT2D eigenvalue weighted by atomic mass is 9.88. The zero-order chi connectivity index (χ0) is 19.4. The predicted molar refractivity (Wildman–Crippen MR) is 101 cm³/mol. The van der Waals surface area contributed by atoms with E-state index in [1.165, 1.54) is 12.1 Å². The summed E-state index contributed by atoms with van der Waals surface area (Å²) in [5.74, 6) is -1.18. The van der Waals surface area contributed by atoms with E-state index in [2.05, 4.69) is 16.9 Å². The number of fused-ring (bicyclic) bond motifs is 1. The van der Waals surface area contributed by atoms with Gasteiger partial charge in [0, 0.05) is 16.8 Å². The number of ether oxygens (including phenoxy) is 1. The van der Waals surface area contributed by atoms with Crippen LogP contribution in [0.4, 0.5) is 11.5 Å². The maximum absolute atomic E-state index is 12.8. The first-order valence-electron chi connectivity index (χ1n) is 8.49. The number of rotatable bonds is 6. The number of pyridine rings is 1. The van der Waals surface area contributed by atoms with Gasteiger partial charge in [0.2, 0.25) is 0 Å². The van der Waals surface area contributed by atoms with Gasteiger partial charge < -0.3 is 10.1 Å². The molecule has 0 aliphatic heterocycles. The van der Waals surface area contributed by atoms with Crippen molar-refractivity contribution in [2.45, 2.75) is 13.3 Å². The fourth-order valence-corrected chi connectivity index (χ4v) is 2.81. The molecule has 0 fully saturated rings. The lowest BCUT2D eigenvalue weighted by molar-refractivity contribution is 0.0519. The number of carbonyl (C=O) groups excluding carboxylic acids is 3. The molecule has 0 amide bonds. The van der Waals surface area contributed by atoms with Crippen molar-refractivity contribution in [1.29, 1.82) is 0 Å². The minimum absolute atomic E-state index is 0.0324. The fourth-order valence-electron chi connectivity index (χ4n) is 2.81. The molecule has 27 heavy (non-hydrogen) atoms. The smallest absolute Gasteiger partial charge is 0.357 e. The van der Waals surface area contributed by atoms with Crippen molar-refractivity contribution in [3.8, 4) is 0 Å². The molecule has 1 aliphatic carbocycles. The number of ketones is 2. The molecule has 3 rings (SSSR count). The van der Waals surface area contributed by atoms with Gasteiger partial charge in [-0.05, 0) is 37.6 Å². The second-order valence-electron chi connectivity index (χ2n) is 5.85. The van der Waals surface area contributed by atoms with E-state index < -0.39 is 5.97 Å². The zero-order valence-electron chi connectivity index (χ0n) is 14.8. The Kier molecular flexibility index (Phi) is 5.26. The number of benzene rings is 1. The molecule has 0 bridgehead atoms. The third-order valence-electron chi connectivity index (χ3n) is 3.99. The summed E-state index contributed by atoms with van der Waals surface area (Å²) in [5, 5.41) is 3.03. The van der Waals surface area contributed by atoms with Crippen LogP contribution in [0.25, 0.3) is 0 Å². The molecule has 1 aliphatic rings. The molecule has 1 aromatic heterocycles. The van der Waals surface area contributed by atoms with E-state index >= 15 is 0 Å². The van der Waals surface area contributed by atoms with Crippen molar-refractivity contribution in [3.05, 3.63) is 77.5 Å². The number of allylic oxidation sites excluding steroid dienone is 3. The molecule has 136 valence electrons. The maximum Gasteiger partial charge on any atom is 0.357 e. The Morgan fingerprint density at radius 3 is 2.67 bits per heavy atom. The summed E-state index contributed by atoms with van der Waals surface area (Å²) in [6, 6.07) is 10.4. The molecule has 1 N–H and O–H groups in total. The first kappa shape index (κ1) is 18.3. The lowest BCUT2D eigenvalue weighted by Gasteiger charge is -2.19. The zero-order valence-corrected chi connectivity index (χ0v) is 14.8. The first-order valence-corrected chi connectivity index (χ1v) is 8.49. The number of para-hydroxylation sites is 1. The summed E-state index contributed by atoms with van der Waals surface area (Å²) in [4.78, 5) is 41.9. The van der Waals surface area contributed by atoms with Crippen LogP contribution in [0.15, 0.2) is 60.7 Å². The topological polar surface area (TPSA) is 85.4 Å². The number of Topliss-reactive ketones (excluding diaryl/α,β-unsaturated/α-hetero) is 1. The number of esters is 1. The number of aromatic nitrogens is 1. The van der Waals surface area contributed by atoms with Crippen LogP contribution in [0.2, 0.25) is 0 Å². The van der Waals surface area contributed by atoms with E-state index in [4.69, 9.17) is 4.74 Å². The standard InChI is InChI=1S/C21H18N2O4/c1-3-8-13-11-17(24)18-15(19(13)25)12-16(21(26)27-4-2)23-20(18)22-14-9-6-5-7-10-14/h3,5-7,9-12H,1,4,8H2,2H3,(H,22,23). The Labute approximate surface area is 156 Å². The van der Waals surface area contributed by atoms with Gasteiger partial charge in [0.15, 0.2) is 17.3 Å². The van der Waals surface area contributed by atoms with E-state index in [1.54, 1.807) is 25.1 Å². The quantitative estimate of drug-likeness (QED) is 0.620. The average molecular weight is 362 g/mol. The summed E-state index contributed by atoms with van der Waals surface area (Å²) in [6.45, 7) is 5.46. The third-order valence-corrected chi connectivity index (χ3v) is 3.99. The van der Waals surface area contributed by atoms with Crippen LogP contribution in [0.1, 0.15) is 44.5 Å². The van der Waals surface area contributed by atoms with E-state index in [0.717, 1.165) is 0 Å². The molecule has 2 aromatic rings. The van der Waals surface area contributed by atoms with E-state index in [-0.39, 0.29) is 47.2 Å². The summed E-state index contributed by atoms with van der Waals surface area (Å²) < 4.78 is 5.00. The van der Waals surface area contributed by atoms with Crippen LogP contribution in [0, 0.1) is 0 Å². The highest BCUT2D eigenvalue weighted by Gasteiger charge is 2.30. The van der Waals surface area contributed by atoms with Gasteiger partial charge in [-0.2, -0.15) is 0 Å². The largest absolute Gasteiger partial charge is 0.461 e. The number of hydrogen-bond donors (Lipinski definition) is 1. The highest BCUT2D eigenvalue weighted by molar-refractivity contribution is 6.26.